The lowest BCUT2D eigenvalue weighted by molar-refractivity contribution is -0.213. The number of carbonyl (C=O) groups is 3. The summed E-state index contributed by atoms with van der Waals surface area (Å²) in [4.78, 5) is 34.1. The normalized spacial score (nSPS) is 27.4. The van der Waals surface area contributed by atoms with E-state index in [2.05, 4.69) is 13.8 Å². The molecule has 4 atom stereocenters. The summed E-state index contributed by atoms with van der Waals surface area (Å²) < 4.78 is 21.4. The SMILES string of the molecule is CC(=O)O[C@@H]1[C@@H](OC(C)=O)[C@H](SCC(C)C)OC[C@H]1OC(C)=O. The van der Waals surface area contributed by atoms with E-state index in [1.165, 1.54) is 32.5 Å². The zero-order valence-electron chi connectivity index (χ0n) is 14.1. The van der Waals surface area contributed by atoms with Crippen LogP contribution in [0.5, 0.6) is 0 Å². The van der Waals surface area contributed by atoms with E-state index in [-0.39, 0.29) is 6.61 Å². The Morgan fingerprint density at radius 2 is 1.52 bits per heavy atom. The van der Waals surface area contributed by atoms with Crippen LogP contribution in [0.4, 0.5) is 0 Å². The fourth-order valence-electron chi connectivity index (χ4n) is 2.14. The van der Waals surface area contributed by atoms with Gasteiger partial charge < -0.3 is 18.9 Å². The number of rotatable bonds is 6. The van der Waals surface area contributed by atoms with Gasteiger partial charge >= 0.3 is 17.9 Å². The fraction of sp³-hybridized carbons (Fsp3) is 0.800. The highest BCUT2D eigenvalue weighted by Crippen LogP contribution is 2.31. The summed E-state index contributed by atoms with van der Waals surface area (Å²) >= 11 is 1.48. The van der Waals surface area contributed by atoms with E-state index in [0.717, 1.165) is 5.75 Å². The van der Waals surface area contributed by atoms with Gasteiger partial charge in [-0.1, -0.05) is 13.8 Å². The lowest BCUT2D eigenvalue weighted by Crippen LogP contribution is -2.56. The molecule has 1 fully saturated rings. The molecule has 132 valence electrons. The van der Waals surface area contributed by atoms with Crippen LogP contribution in [-0.4, -0.2) is 54.0 Å². The third-order valence-electron chi connectivity index (χ3n) is 2.90. The molecule has 0 aromatic heterocycles. The molecule has 1 saturated heterocycles. The van der Waals surface area contributed by atoms with E-state index < -0.39 is 41.7 Å². The van der Waals surface area contributed by atoms with Crippen LogP contribution in [-0.2, 0) is 33.3 Å². The zero-order chi connectivity index (χ0) is 17.6. The lowest BCUT2D eigenvalue weighted by Gasteiger charge is -2.40. The first-order valence-corrected chi connectivity index (χ1v) is 8.50. The maximum Gasteiger partial charge on any atom is 0.303 e. The van der Waals surface area contributed by atoms with E-state index in [9.17, 15) is 14.4 Å². The summed E-state index contributed by atoms with van der Waals surface area (Å²) in [7, 11) is 0. The van der Waals surface area contributed by atoms with Crippen molar-refractivity contribution in [2.75, 3.05) is 12.4 Å². The second kappa shape index (κ2) is 9.12. The van der Waals surface area contributed by atoms with Gasteiger partial charge in [-0.05, 0) is 11.7 Å². The first-order chi connectivity index (χ1) is 10.7. The molecule has 0 aromatic carbocycles. The molecule has 0 radical (unpaired) electrons. The van der Waals surface area contributed by atoms with Gasteiger partial charge in [0.15, 0.2) is 18.3 Å². The quantitative estimate of drug-likeness (QED) is 0.527. The van der Waals surface area contributed by atoms with Crippen LogP contribution in [0.1, 0.15) is 34.6 Å². The minimum Gasteiger partial charge on any atom is -0.456 e. The third kappa shape index (κ3) is 6.78. The van der Waals surface area contributed by atoms with Crippen molar-refractivity contribution in [1.29, 1.82) is 0 Å². The summed E-state index contributed by atoms with van der Waals surface area (Å²) in [5, 5.41) is 0. The molecule has 1 aliphatic heterocycles. The summed E-state index contributed by atoms with van der Waals surface area (Å²) in [5.74, 6) is -0.383. The van der Waals surface area contributed by atoms with Gasteiger partial charge in [0.1, 0.15) is 5.44 Å². The van der Waals surface area contributed by atoms with E-state index in [4.69, 9.17) is 18.9 Å². The highest BCUT2D eigenvalue weighted by atomic mass is 32.2. The molecule has 0 saturated carbocycles. The molecule has 8 heteroatoms. The Kier molecular flexibility index (Phi) is 7.84. The van der Waals surface area contributed by atoms with E-state index >= 15 is 0 Å². The Bertz CT molecular complexity index is 438. The first-order valence-electron chi connectivity index (χ1n) is 7.45. The lowest BCUT2D eigenvalue weighted by atomic mass is 10.1. The highest BCUT2D eigenvalue weighted by molar-refractivity contribution is 7.99. The minimum absolute atomic E-state index is 0.0745. The monoisotopic (exact) mass is 348 g/mol. The molecule has 0 aromatic rings. The van der Waals surface area contributed by atoms with Crippen LogP contribution in [0.25, 0.3) is 0 Å². The molecular formula is C15H24O7S. The zero-order valence-corrected chi connectivity index (χ0v) is 14.9. The molecule has 1 rings (SSSR count). The predicted molar refractivity (Wildman–Crippen MR) is 83.7 cm³/mol. The summed E-state index contributed by atoms with van der Waals surface area (Å²) in [6.45, 7) is 7.96. The van der Waals surface area contributed by atoms with Gasteiger partial charge in [-0.15, -0.1) is 11.8 Å². The first kappa shape index (κ1) is 19.8. The number of ether oxygens (including phenoxy) is 4. The van der Waals surface area contributed by atoms with Crippen LogP contribution in [0.3, 0.4) is 0 Å². The second-order valence-electron chi connectivity index (χ2n) is 5.72. The predicted octanol–water partition coefficient (Wildman–Crippen LogP) is 1.53. The minimum atomic E-state index is -0.890. The summed E-state index contributed by atoms with van der Waals surface area (Å²) in [6.07, 6.45) is -2.53. The summed E-state index contributed by atoms with van der Waals surface area (Å²) in [6, 6.07) is 0. The largest absolute Gasteiger partial charge is 0.456 e. The van der Waals surface area contributed by atoms with Gasteiger partial charge in [-0.2, -0.15) is 0 Å². The number of thioether (sulfide) groups is 1. The standard InChI is InChI=1S/C15H24O7S/c1-8(2)7-23-15-14(22-11(5)18)13(21-10(4)17)12(6-19-15)20-9(3)16/h8,12-15H,6-7H2,1-5H3/t12-,13+,14-,15+/m1/s1. The Morgan fingerprint density at radius 3 is 2.00 bits per heavy atom. The van der Waals surface area contributed by atoms with Crippen molar-refractivity contribution in [3.05, 3.63) is 0 Å². The highest BCUT2D eigenvalue weighted by Gasteiger charge is 2.46. The molecule has 1 heterocycles. The van der Waals surface area contributed by atoms with Crippen LogP contribution in [0.2, 0.25) is 0 Å². The third-order valence-corrected chi connectivity index (χ3v) is 4.49. The van der Waals surface area contributed by atoms with Crippen molar-refractivity contribution in [2.24, 2.45) is 5.92 Å². The van der Waals surface area contributed by atoms with Crippen molar-refractivity contribution in [3.63, 3.8) is 0 Å². The molecule has 1 aliphatic rings. The maximum atomic E-state index is 11.4. The Labute approximate surface area is 140 Å². The molecule has 0 spiro atoms. The second-order valence-corrected chi connectivity index (χ2v) is 6.86. The van der Waals surface area contributed by atoms with Crippen LogP contribution < -0.4 is 0 Å². The van der Waals surface area contributed by atoms with E-state index in [0.29, 0.717) is 5.92 Å². The Morgan fingerprint density at radius 1 is 1.00 bits per heavy atom. The smallest absolute Gasteiger partial charge is 0.303 e. The fourth-order valence-corrected chi connectivity index (χ4v) is 3.29. The molecular weight excluding hydrogens is 324 g/mol. The Hall–Kier alpha value is -1.28. The molecule has 23 heavy (non-hydrogen) atoms. The average molecular weight is 348 g/mol. The topological polar surface area (TPSA) is 88.1 Å². The van der Waals surface area contributed by atoms with Crippen LogP contribution in [0.15, 0.2) is 0 Å². The summed E-state index contributed by atoms with van der Waals surface area (Å²) in [5.41, 5.74) is -0.488. The van der Waals surface area contributed by atoms with Crippen molar-refractivity contribution in [2.45, 2.75) is 58.4 Å². The van der Waals surface area contributed by atoms with Crippen LogP contribution >= 0.6 is 11.8 Å². The number of hydrogen-bond donors (Lipinski definition) is 0. The molecule has 7 nitrogen and oxygen atoms in total. The van der Waals surface area contributed by atoms with E-state index in [1.54, 1.807) is 0 Å². The van der Waals surface area contributed by atoms with Gasteiger partial charge in [0.25, 0.3) is 0 Å². The van der Waals surface area contributed by atoms with Crippen molar-refractivity contribution >= 4 is 29.7 Å². The van der Waals surface area contributed by atoms with Crippen molar-refractivity contribution < 1.29 is 33.3 Å². The average Bonchev–Trinajstić information content (AvgIpc) is 2.39. The molecule has 0 unspecified atom stereocenters. The van der Waals surface area contributed by atoms with Gasteiger partial charge in [0, 0.05) is 20.8 Å². The van der Waals surface area contributed by atoms with Crippen LogP contribution in [0, 0.1) is 5.92 Å². The van der Waals surface area contributed by atoms with Crippen molar-refractivity contribution in [3.8, 4) is 0 Å². The van der Waals surface area contributed by atoms with Crippen molar-refractivity contribution in [1.82, 2.24) is 0 Å². The van der Waals surface area contributed by atoms with Gasteiger partial charge in [0.05, 0.1) is 6.61 Å². The number of carbonyl (C=O) groups excluding carboxylic acids is 3. The number of hydrogen-bond acceptors (Lipinski definition) is 8. The molecule has 0 bridgehead atoms. The maximum absolute atomic E-state index is 11.4. The molecule has 0 N–H and O–H groups in total. The molecule has 0 aliphatic carbocycles. The Balaban J connectivity index is 2.96. The van der Waals surface area contributed by atoms with Gasteiger partial charge in [-0.25, -0.2) is 0 Å². The van der Waals surface area contributed by atoms with E-state index in [1.807, 2.05) is 0 Å². The molecule has 0 amide bonds. The van der Waals surface area contributed by atoms with Gasteiger partial charge in [0.2, 0.25) is 0 Å². The number of esters is 3. The van der Waals surface area contributed by atoms with Gasteiger partial charge in [-0.3, -0.25) is 14.4 Å².